The first-order valence-corrected chi connectivity index (χ1v) is 5.53. The molecule has 1 aliphatic rings. The first-order valence-electron chi connectivity index (χ1n) is 5.53. The summed E-state index contributed by atoms with van der Waals surface area (Å²) in [6, 6.07) is 7.69. The summed E-state index contributed by atoms with van der Waals surface area (Å²) in [6.07, 6.45) is 5.58. The van der Waals surface area contributed by atoms with Gasteiger partial charge in [-0.2, -0.15) is 0 Å². The number of rotatable bonds is 2. The minimum absolute atomic E-state index is 0.215. The molecule has 1 aromatic carbocycles. The number of hydrogen-bond donors (Lipinski definition) is 1. The molecule has 2 N–H and O–H groups in total. The molecular formula is C13H16N2O. The fourth-order valence-corrected chi connectivity index (χ4v) is 1.85. The number of amides is 1. The largest absolute Gasteiger partial charge is 0.399 e. The number of nitrogens with zero attached hydrogens (tertiary/aromatic N) is 1. The van der Waals surface area contributed by atoms with Crippen LogP contribution in [0.5, 0.6) is 0 Å². The maximum absolute atomic E-state index is 11.8. The van der Waals surface area contributed by atoms with Crippen LogP contribution in [0.25, 0.3) is 0 Å². The van der Waals surface area contributed by atoms with Gasteiger partial charge in [0.15, 0.2) is 0 Å². The minimum atomic E-state index is 0.215. The highest BCUT2D eigenvalue weighted by atomic mass is 16.2. The maximum Gasteiger partial charge on any atom is 0.223 e. The Bertz CT molecular complexity index is 412. The highest BCUT2D eigenvalue weighted by Gasteiger charge is 2.13. The fraction of sp³-hybridized carbons (Fsp3) is 0.308. The Morgan fingerprint density at radius 2 is 2.19 bits per heavy atom. The number of benzene rings is 1. The lowest BCUT2D eigenvalue weighted by Gasteiger charge is -2.20. The molecule has 0 unspecified atom stereocenters. The lowest BCUT2D eigenvalue weighted by atomic mass is 10.2. The highest BCUT2D eigenvalue weighted by Crippen LogP contribution is 2.12. The molecule has 0 bridgehead atoms. The number of carbonyl (C=O) groups is 1. The van der Waals surface area contributed by atoms with Crippen LogP contribution in [0.1, 0.15) is 18.4 Å². The van der Waals surface area contributed by atoms with Crippen molar-refractivity contribution in [3.05, 3.63) is 42.0 Å². The number of anilines is 1. The van der Waals surface area contributed by atoms with Crippen LogP contribution in [0.3, 0.4) is 0 Å². The van der Waals surface area contributed by atoms with E-state index < -0.39 is 0 Å². The van der Waals surface area contributed by atoms with Crippen molar-refractivity contribution in [1.82, 2.24) is 4.90 Å². The van der Waals surface area contributed by atoms with Gasteiger partial charge in [-0.3, -0.25) is 4.79 Å². The molecule has 0 atom stereocenters. The molecular weight excluding hydrogens is 200 g/mol. The first kappa shape index (κ1) is 10.7. The summed E-state index contributed by atoms with van der Waals surface area (Å²) in [7, 11) is 0. The molecule has 16 heavy (non-hydrogen) atoms. The SMILES string of the molecule is Nc1cccc(CN2CC=CCCC2=O)c1. The molecule has 0 saturated heterocycles. The molecule has 0 fully saturated rings. The molecule has 0 radical (unpaired) electrons. The summed E-state index contributed by atoms with van der Waals surface area (Å²) < 4.78 is 0. The molecule has 0 aromatic heterocycles. The van der Waals surface area contributed by atoms with E-state index in [1.165, 1.54) is 0 Å². The van der Waals surface area contributed by atoms with Crippen LogP contribution in [0, 0.1) is 0 Å². The smallest absolute Gasteiger partial charge is 0.223 e. The highest BCUT2D eigenvalue weighted by molar-refractivity contribution is 5.76. The van der Waals surface area contributed by atoms with E-state index >= 15 is 0 Å². The monoisotopic (exact) mass is 216 g/mol. The Balaban J connectivity index is 2.08. The summed E-state index contributed by atoms with van der Waals surface area (Å²) in [4.78, 5) is 13.6. The van der Waals surface area contributed by atoms with E-state index in [0.717, 1.165) is 17.7 Å². The van der Waals surface area contributed by atoms with Crippen molar-refractivity contribution in [3.63, 3.8) is 0 Å². The summed E-state index contributed by atoms with van der Waals surface area (Å²) in [6.45, 7) is 1.35. The Morgan fingerprint density at radius 1 is 1.31 bits per heavy atom. The van der Waals surface area contributed by atoms with Crippen molar-refractivity contribution in [2.75, 3.05) is 12.3 Å². The van der Waals surface area contributed by atoms with E-state index in [1.807, 2.05) is 29.2 Å². The average molecular weight is 216 g/mol. The standard InChI is InChI=1S/C13H16N2O/c14-12-6-4-5-11(9-12)10-15-8-3-1-2-7-13(15)16/h1,3-6,9H,2,7-8,10,14H2. The molecule has 1 amide bonds. The van der Waals surface area contributed by atoms with Crippen LogP contribution >= 0.6 is 0 Å². The van der Waals surface area contributed by atoms with Crippen molar-refractivity contribution in [1.29, 1.82) is 0 Å². The normalized spacial score (nSPS) is 16.2. The lowest BCUT2D eigenvalue weighted by Crippen LogP contribution is -2.29. The molecule has 1 aromatic rings. The fourth-order valence-electron chi connectivity index (χ4n) is 1.85. The molecule has 1 aliphatic heterocycles. The third-order valence-electron chi connectivity index (χ3n) is 2.69. The predicted molar refractivity (Wildman–Crippen MR) is 64.6 cm³/mol. The summed E-state index contributed by atoms with van der Waals surface area (Å²) in [5.41, 5.74) is 7.54. The Morgan fingerprint density at radius 3 is 3.00 bits per heavy atom. The predicted octanol–water partition coefficient (Wildman–Crippen LogP) is 1.95. The van der Waals surface area contributed by atoms with Crippen LogP contribution in [0.15, 0.2) is 36.4 Å². The van der Waals surface area contributed by atoms with Gasteiger partial charge in [0.1, 0.15) is 0 Å². The van der Waals surface area contributed by atoms with E-state index in [1.54, 1.807) is 0 Å². The van der Waals surface area contributed by atoms with Crippen LogP contribution in [-0.4, -0.2) is 17.4 Å². The first-order chi connectivity index (χ1) is 7.75. The summed E-state index contributed by atoms with van der Waals surface area (Å²) in [5.74, 6) is 0.215. The van der Waals surface area contributed by atoms with E-state index in [9.17, 15) is 4.79 Å². The van der Waals surface area contributed by atoms with Gasteiger partial charge in [0.05, 0.1) is 0 Å². The molecule has 3 nitrogen and oxygen atoms in total. The van der Waals surface area contributed by atoms with Gasteiger partial charge in [0.25, 0.3) is 0 Å². The summed E-state index contributed by atoms with van der Waals surface area (Å²) >= 11 is 0. The minimum Gasteiger partial charge on any atom is -0.399 e. The number of hydrogen-bond acceptors (Lipinski definition) is 2. The summed E-state index contributed by atoms with van der Waals surface area (Å²) in [5, 5.41) is 0. The lowest BCUT2D eigenvalue weighted by molar-refractivity contribution is -0.130. The second-order valence-electron chi connectivity index (χ2n) is 4.03. The zero-order chi connectivity index (χ0) is 11.4. The number of allylic oxidation sites excluding steroid dienone is 1. The molecule has 1 heterocycles. The average Bonchev–Trinajstić information content (AvgIpc) is 2.45. The quantitative estimate of drug-likeness (QED) is 0.606. The van der Waals surface area contributed by atoms with Crippen LogP contribution in [-0.2, 0) is 11.3 Å². The van der Waals surface area contributed by atoms with E-state index in [4.69, 9.17) is 5.73 Å². The van der Waals surface area contributed by atoms with Gasteiger partial charge in [-0.25, -0.2) is 0 Å². The van der Waals surface area contributed by atoms with Crippen molar-refractivity contribution >= 4 is 11.6 Å². The van der Waals surface area contributed by atoms with Gasteiger partial charge in [0, 0.05) is 25.2 Å². The Kier molecular flexibility index (Phi) is 3.25. The number of nitrogens with two attached hydrogens (primary N) is 1. The number of nitrogen functional groups attached to an aromatic ring is 1. The molecule has 84 valence electrons. The zero-order valence-electron chi connectivity index (χ0n) is 9.23. The van der Waals surface area contributed by atoms with Crippen LogP contribution in [0.2, 0.25) is 0 Å². The van der Waals surface area contributed by atoms with Crippen molar-refractivity contribution in [3.8, 4) is 0 Å². The molecule has 0 aliphatic carbocycles. The van der Waals surface area contributed by atoms with Crippen LogP contribution < -0.4 is 5.73 Å². The maximum atomic E-state index is 11.8. The molecule has 2 rings (SSSR count). The van der Waals surface area contributed by atoms with E-state index in [-0.39, 0.29) is 5.91 Å². The van der Waals surface area contributed by atoms with Gasteiger partial charge in [-0.15, -0.1) is 0 Å². The Labute approximate surface area is 95.6 Å². The van der Waals surface area contributed by atoms with Gasteiger partial charge in [0.2, 0.25) is 5.91 Å². The molecule has 3 heteroatoms. The third kappa shape index (κ3) is 2.63. The zero-order valence-corrected chi connectivity index (χ0v) is 9.23. The van der Waals surface area contributed by atoms with Gasteiger partial charge < -0.3 is 10.6 Å². The number of carbonyl (C=O) groups excluding carboxylic acids is 1. The van der Waals surface area contributed by atoms with E-state index in [0.29, 0.717) is 19.5 Å². The second-order valence-corrected chi connectivity index (χ2v) is 4.03. The Hall–Kier alpha value is -1.77. The van der Waals surface area contributed by atoms with Crippen molar-refractivity contribution in [2.24, 2.45) is 0 Å². The topological polar surface area (TPSA) is 46.3 Å². The second kappa shape index (κ2) is 4.84. The van der Waals surface area contributed by atoms with Gasteiger partial charge >= 0.3 is 0 Å². The van der Waals surface area contributed by atoms with Crippen LogP contribution in [0.4, 0.5) is 5.69 Å². The molecule has 0 saturated carbocycles. The van der Waals surface area contributed by atoms with E-state index in [2.05, 4.69) is 12.2 Å². The molecule has 0 spiro atoms. The van der Waals surface area contributed by atoms with Crippen molar-refractivity contribution < 1.29 is 4.79 Å². The van der Waals surface area contributed by atoms with Crippen molar-refractivity contribution in [2.45, 2.75) is 19.4 Å². The third-order valence-corrected chi connectivity index (χ3v) is 2.69. The van der Waals surface area contributed by atoms with Gasteiger partial charge in [-0.1, -0.05) is 24.3 Å². The van der Waals surface area contributed by atoms with Gasteiger partial charge in [-0.05, 0) is 24.1 Å².